The van der Waals surface area contributed by atoms with Crippen LogP contribution < -0.4 is 10.1 Å². The molecule has 4 nitrogen and oxygen atoms in total. The monoisotopic (exact) mass is 269 g/mol. The summed E-state index contributed by atoms with van der Waals surface area (Å²) in [6, 6.07) is 6.02. The quantitative estimate of drug-likeness (QED) is 0.829. The van der Waals surface area contributed by atoms with Crippen molar-refractivity contribution in [3.05, 3.63) is 23.8 Å². The maximum Gasteiger partial charge on any atom is 0.147 e. The lowest BCUT2D eigenvalue weighted by atomic mass is 10.0. The van der Waals surface area contributed by atoms with Gasteiger partial charge in [0.1, 0.15) is 15.6 Å². The largest absolute Gasteiger partial charge is 0.493 e. The van der Waals surface area contributed by atoms with Gasteiger partial charge in [-0.1, -0.05) is 6.07 Å². The average molecular weight is 269 g/mol. The fourth-order valence-corrected chi connectivity index (χ4v) is 2.68. The number of hydrogen-bond donors (Lipinski definition) is 1. The van der Waals surface area contributed by atoms with E-state index in [9.17, 15) is 8.42 Å². The van der Waals surface area contributed by atoms with Crippen molar-refractivity contribution in [1.82, 2.24) is 0 Å². The number of sulfone groups is 1. The van der Waals surface area contributed by atoms with E-state index < -0.39 is 9.84 Å². The summed E-state index contributed by atoms with van der Waals surface area (Å²) in [4.78, 5) is 0. The van der Waals surface area contributed by atoms with E-state index in [1.165, 1.54) is 18.2 Å². The molecule has 5 heteroatoms. The van der Waals surface area contributed by atoms with Crippen molar-refractivity contribution in [2.45, 2.75) is 19.3 Å². The lowest BCUT2D eigenvalue weighted by Crippen LogP contribution is -2.12. The molecule has 0 radical (unpaired) electrons. The molecule has 0 amide bonds. The van der Waals surface area contributed by atoms with Crippen molar-refractivity contribution in [3.8, 4) is 5.75 Å². The van der Waals surface area contributed by atoms with Gasteiger partial charge in [-0.2, -0.15) is 0 Å². The molecule has 0 spiro atoms. The number of benzene rings is 1. The summed E-state index contributed by atoms with van der Waals surface area (Å²) in [6.07, 6.45) is 4.05. The first-order valence-corrected chi connectivity index (χ1v) is 8.28. The molecule has 18 heavy (non-hydrogen) atoms. The zero-order chi connectivity index (χ0) is 13.0. The Morgan fingerprint density at radius 3 is 3.00 bits per heavy atom. The molecular formula is C13H19NO3S. The summed E-state index contributed by atoms with van der Waals surface area (Å²) in [5.74, 6) is 0.979. The summed E-state index contributed by atoms with van der Waals surface area (Å²) in [5.41, 5.74) is 2.46. The molecule has 1 heterocycles. The second-order valence-corrected chi connectivity index (χ2v) is 6.94. The van der Waals surface area contributed by atoms with Gasteiger partial charge < -0.3 is 10.1 Å². The molecule has 0 saturated heterocycles. The molecule has 0 atom stereocenters. The molecule has 0 aliphatic carbocycles. The lowest BCUT2D eigenvalue weighted by molar-refractivity contribution is 0.318. The Balaban J connectivity index is 1.86. The predicted octanol–water partition coefficient (Wildman–Crippen LogP) is 1.86. The summed E-state index contributed by atoms with van der Waals surface area (Å²) in [5, 5.41) is 3.34. The molecular weight excluding hydrogens is 250 g/mol. The smallest absolute Gasteiger partial charge is 0.147 e. The number of hydrogen-bond acceptors (Lipinski definition) is 4. The van der Waals surface area contributed by atoms with Crippen molar-refractivity contribution in [1.29, 1.82) is 0 Å². The van der Waals surface area contributed by atoms with Crippen molar-refractivity contribution in [3.63, 3.8) is 0 Å². The van der Waals surface area contributed by atoms with Gasteiger partial charge >= 0.3 is 0 Å². The van der Waals surface area contributed by atoms with E-state index in [0.29, 0.717) is 13.0 Å². The van der Waals surface area contributed by atoms with Gasteiger partial charge in [0, 0.05) is 24.6 Å². The second kappa shape index (κ2) is 5.61. The van der Waals surface area contributed by atoms with E-state index in [-0.39, 0.29) is 5.75 Å². The van der Waals surface area contributed by atoms with Crippen molar-refractivity contribution < 1.29 is 13.2 Å². The zero-order valence-corrected chi connectivity index (χ0v) is 11.4. The highest BCUT2D eigenvalue weighted by atomic mass is 32.2. The minimum absolute atomic E-state index is 0.177. The summed E-state index contributed by atoms with van der Waals surface area (Å²) >= 11 is 0. The number of nitrogens with one attached hydrogen (secondary N) is 1. The third-order valence-electron chi connectivity index (χ3n) is 2.95. The van der Waals surface area contributed by atoms with Crippen LogP contribution in [0.15, 0.2) is 18.2 Å². The Kier molecular flexibility index (Phi) is 4.11. The van der Waals surface area contributed by atoms with Gasteiger partial charge in [0.15, 0.2) is 0 Å². The summed E-state index contributed by atoms with van der Waals surface area (Å²) in [7, 11) is -2.89. The van der Waals surface area contributed by atoms with E-state index in [0.717, 1.165) is 24.4 Å². The van der Waals surface area contributed by atoms with Crippen LogP contribution >= 0.6 is 0 Å². The van der Waals surface area contributed by atoms with E-state index >= 15 is 0 Å². The van der Waals surface area contributed by atoms with Gasteiger partial charge in [0.05, 0.1) is 12.4 Å². The number of fused-ring (bicyclic) bond motifs is 1. The molecule has 0 saturated carbocycles. The third kappa shape index (κ3) is 3.91. The van der Waals surface area contributed by atoms with Crippen LogP contribution in [-0.4, -0.2) is 33.6 Å². The molecule has 0 fully saturated rings. The Bertz CT molecular complexity index is 511. The van der Waals surface area contributed by atoms with Gasteiger partial charge in [-0.15, -0.1) is 0 Å². The first-order chi connectivity index (χ1) is 8.54. The van der Waals surface area contributed by atoms with Crippen LogP contribution in [0.25, 0.3) is 0 Å². The number of anilines is 1. The normalized spacial score (nSPS) is 14.7. The first kappa shape index (κ1) is 13.2. The van der Waals surface area contributed by atoms with Gasteiger partial charge in [-0.25, -0.2) is 8.42 Å². The third-order valence-corrected chi connectivity index (χ3v) is 3.98. The Labute approximate surface area is 108 Å². The second-order valence-electron chi connectivity index (χ2n) is 4.68. The molecule has 0 bridgehead atoms. The molecule has 1 aliphatic heterocycles. The molecule has 1 aliphatic rings. The van der Waals surface area contributed by atoms with Crippen LogP contribution in [0.4, 0.5) is 5.69 Å². The highest BCUT2D eigenvalue weighted by molar-refractivity contribution is 7.90. The van der Waals surface area contributed by atoms with Crippen LogP contribution in [0.2, 0.25) is 0 Å². The Morgan fingerprint density at radius 1 is 1.39 bits per heavy atom. The van der Waals surface area contributed by atoms with Crippen LogP contribution in [0, 0.1) is 0 Å². The van der Waals surface area contributed by atoms with Crippen molar-refractivity contribution in [2.24, 2.45) is 0 Å². The maximum absolute atomic E-state index is 11.0. The minimum atomic E-state index is -2.89. The summed E-state index contributed by atoms with van der Waals surface area (Å²) in [6.45, 7) is 1.44. The summed E-state index contributed by atoms with van der Waals surface area (Å²) < 4.78 is 27.5. The van der Waals surface area contributed by atoms with E-state index in [2.05, 4.69) is 11.4 Å². The topological polar surface area (TPSA) is 55.4 Å². The van der Waals surface area contributed by atoms with Gasteiger partial charge in [-0.05, 0) is 30.9 Å². The maximum atomic E-state index is 11.0. The van der Waals surface area contributed by atoms with Crippen molar-refractivity contribution >= 4 is 15.5 Å². The first-order valence-electron chi connectivity index (χ1n) is 6.22. The highest BCUT2D eigenvalue weighted by Crippen LogP contribution is 2.26. The van der Waals surface area contributed by atoms with E-state index in [4.69, 9.17) is 4.74 Å². The number of aryl methyl sites for hydroxylation is 1. The van der Waals surface area contributed by atoms with Crippen LogP contribution in [0.1, 0.15) is 18.4 Å². The van der Waals surface area contributed by atoms with Crippen LogP contribution in [0.3, 0.4) is 0 Å². The molecule has 0 unspecified atom stereocenters. The van der Waals surface area contributed by atoms with E-state index in [1.54, 1.807) is 0 Å². The average Bonchev–Trinajstić information content (AvgIpc) is 2.33. The number of ether oxygens (including phenoxy) is 1. The lowest BCUT2D eigenvalue weighted by Gasteiger charge is -2.18. The van der Waals surface area contributed by atoms with Crippen molar-refractivity contribution in [2.75, 3.05) is 30.5 Å². The predicted molar refractivity (Wildman–Crippen MR) is 73.1 cm³/mol. The molecule has 2 rings (SSSR count). The van der Waals surface area contributed by atoms with Gasteiger partial charge in [0.25, 0.3) is 0 Å². The fourth-order valence-electron chi connectivity index (χ4n) is 2.04. The van der Waals surface area contributed by atoms with E-state index in [1.807, 2.05) is 12.1 Å². The zero-order valence-electron chi connectivity index (χ0n) is 10.6. The van der Waals surface area contributed by atoms with Crippen LogP contribution in [0.5, 0.6) is 5.75 Å². The van der Waals surface area contributed by atoms with Gasteiger partial charge in [0.2, 0.25) is 0 Å². The molecule has 1 aromatic rings. The SMILES string of the molecule is CS(=O)(=O)CCCOc1ccc2c(c1)NCCC2. The molecule has 1 N–H and O–H groups in total. The highest BCUT2D eigenvalue weighted by Gasteiger charge is 2.09. The molecule has 100 valence electrons. The van der Waals surface area contributed by atoms with Gasteiger partial charge in [-0.3, -0.25) is 0 Å². The fraction of sp³-hybridized carbons (Fsp3) is 0.538. The molecule has 1 aromatic carbocycles. The number of rotatable bonds is 5. The Morgan fingerprint density at radius 2 is 2.22 bits per heavy atom. The minimum Gasteiger partial charge on any atom is -0.493 e. The Hall–Kier alpha value is -1.23. The standard InChI is InChI=1S/C13H19NO3S/c1-18(15,16)9-3-8-17-12-6-5-11-4-2-7-14-13(11)10-12/h5-6,10,14H,2-4,7-9H2,1H3. The van der Waals surface area contributed by atoms with Crippen LogP contribution in [-0.2, 0) is 16.3 Å². The molecule has 0 aromatic heterocycles.